The fraction of sp³-hybridized carbons (Fsp3) is 0.533. The van der Waals surface area contributed by atoms with Gasteiger partial charge in [0, 0.05) is 24.7 Å². The summed E-state index contributed by atoms with van der Waals surface area (Å²) < 4.78 is 16.7. The third-order valence-corrected chi connectivity index (χ3v) is 5.54. The van der Waals surface area contributed by atoms with Crippen molar-refractivity contribution < 1.29 is 4.39 Å². The van der Waals surface area contributed by atoms with E-state index in [0.29, 0.717) is 21.5 Å². The lowest BCUT2D eigenvalue weighted by molar-refractivity contribution is 0.157. The van der Waals surface area contributed by atoms with E-state index in [1.54, 1.807) is 12.1 Å². The van der Waals surface area contributed by atoms with Crippen LogP contribution in [-0.4, -0.2) is 34.1 Å². The first kappa shape index (κ1) is 15.5. The lowest BCUT2D eigenvalue weighted by Crippen LogP contribution is -2.38. The molecule has 1 aliphatic rings. The Balaban J connectivity index is 2.10. The van der Waals surface area contributed by atoms with E-state index in [1.165, 1.54) is 0 Å². The standard InChI is InChI=1S/C15H18ClFIN3/c1-9-5-10(3-4-20(9)2)21-14-6-11(17)12(18)7-13(14)19-15(21)8-16/h6-7,9-10H,3-5,8H2,1-2H3. The molecule has 0 radical (unpaired) electrons. The lowest BCUT2D eigenvalue weighted by atomic mass is 9.98. The predicted molar refractivity (Wildman–Crippen MR) is 92.3 cm³/mol. The highest BCUT2D eigenvalue weighted by Gasteiger charge is 2.27. The Bertz CT molecular complexity index is 672. The Kier molecular flexibility index (Phi) is 4.43. The number of nitrogens with zero attached hydrogens (tertiary/aromatic N) is 3. The van der Waals surface area contributed by atoms with Gasteiger partial charge < -0.3 is 9.47 Å². The highest BCUT2D eigenvalue weighted by Crippen LogP contribution is 2.32. The highest BCUT2D eigenvalue weighted by atomic mass is 127. The number of fused-ring (bicyclic) bond motifs is 1. The number of hydrogen-bond acceptors (Lipinski definition) is 2. The van der Waals surface area contributed by atoms with Crippen LogP contribution in [0.5, 0.6) is 0 Å². The lowest BCUT2D eigenvalue weighted by Gasteiger charge is -2.36. The van der Waals surface area contributed by atoms with E-state index in [1.807, 2.05) is 22.6 Å². The van der Waals surface area contributed by atoms with Crippen molar-refractivity contribution in [3.05, 3.63) is 27.3 Å². The largest absolute Gasteiger partial charge is 0.324 e. The fourth-order valence-corrected chi connectivity index (χ4v) is 3.78. The normalized spacial score (nSPS) is 23.9. The van der Waals surface area contributed by atoms with Crippen LogP contribution in [0.15, 0.2) is 12.1 Å². The maximum atomic E-state index is 14.0. The van der Waals surface area contributed by atoms with Gasteiger partial charge in [-0.3, -0.25) is 0 Å². The van der Waals surface area contributed by atoms with Crippen LogP contribution < -0.4 is 0 Å². The zero-order chi connectivity index (χ0) is 15.1. The molecule has 1 aromatic carbocycles. The Morgan fingerprint density at radius 1 is 1.48 bits per heavy atom. The fourth-order valence-electron chi connectivity index (χ4n) is 3.14. The van der Waals surface area contributed by atoms with Gasteiger partial charge in [0.05, 0.1) is 20.5 Å². The van der Waals surface area contributed by atoms with Crippen molar-refractivity contribution in [2.75, 3.05) is 13.6 Å². The van der Waals surface area contributed by atoms with Crippen molar-refractivity contribution in [1.82, 2.24) is 14.5 Å². The van der Waals surface area contributed by atoms with E-state index in [0.717, 1.165) is 36.2 Å². The zero-order valence-corrected chi connectivity index (χ0v) is 15.0. The molecule has 2 aromatic rings. The van der Waals surface area contributed by atoms with Gasteiger partial charge in [0.25, 0.3) is 0 Å². The summed E-state index contributed by atoms with van der Waals surface area (Å²) in [7, 11) is 2.15. The summed E-state index contributed by atoms with van der Waals surface area (Å²) in [5.74, 6) is 1.01. The first-order valence-corrected chi connectivity index (χ1v) is 8.74. The second kappa shape index (κ2) is 6.01. The molecule has 0 aliphatic carbocycles. The highest BCUT2D eigenvalue weighted by molar-refractivity contribution is 14.1. The van der Waals surface area contributed by atoms with E-state index in [9.17, 15) is 4.39 Å². The van der Waals surface area contributed by atoms with Gasteiger partial charge in [-0.1, -0.05) is 0 Å². The molecule has 2 heterocycles. The van der Waals surface area contributed by atoms with E-state index >= 15 is 0 Å². The van der Waals surface area contributed by atoms with Gasteiger partial charge in [-0.15, -0.1) is 11.6 Å². The van der Waals surface area contributed by atoms with Crippen LogP contribution in [0.25, 0.3) is 11.0 Å². The Morgan fingerprint density at radius 3 is 2.90 bits per heavy atom. The number of rotatable bonds is 2. The number of piperidine rings is 1. The summed E-state index contributed by atoms with van der Waals surface area (Å²) in [5.41, 5.74) is 1.70. The number of imidazole rings is 1. The maximum Gasteiger partial charge on any atom is 0.138 e. The average molecular weight is 422 g/mol. The van der Waals surface area contributed by atoms with Crippen LogP contribution in [0, 0.1) is 9.39 Å². The first-order valence-electron chi connectivity index (χ1n) is 7.13. The smallest absolute Gasteiger partial charge is 0.138 e. The molecule has 114 valence electrons. The molecule has 0 bridgehead atoms. The topological polar surface area (TPSA) is 21.1 Å². The third kappa shape index (κ3) is 2.80. The Morgan fingerprint density at radius 2 is 2.24 bits per heavy atom. The minimum absolute atomic E-state index is 0.189. The molecule has 0 N–H and O–H groups in total. The molecule has 1 aromatic heterocycles. The number of aromatic nitrogens is 2. The molecular formula is C15H18ClFIN3. The molecule has 2 atom stereocenters. The Hall–Kier alpha value is -0.400. The third-order valence-electron chi connectivity index (χ3n) is 4.47. The molecule has 0 spiro atoms. The van der Waals surface area contributed by atoms with E-state index in [-0.39, 0.29) is 5.82 Å². The van der Waals surface area contributed by atoms with E-state index < -0.39 is 0 Å². The van der Waals surface area contributed by atoms with Crippen molar-refractivity contribution >= 4 is 45.2 Å². The molecular weight excluding hydrogens is 404 g/mol. The summed E-state index contributed by atoms with van der Waals surface area (Å²) in [6.07, 6.45) is 2.09. The van der Waals surface area contributed by atoms with Crippen molar-refractivity contribution in [1.29, 1.82) is 0 Å². The van der Waals surface area contributed by atoms with E-state index in [2.05, 4.69) is 28.4 Å². The predicted octanol–water partition coefficient (Wildman–Crippen LogP) is 4.17. The van der Waals surface area contributed by atoms with Gasteiger partial charge in [-0.2, -0.15) is 0 Å². The molecule has 1 fully saturated rings. The monoisotopic (exact) mass is 421 g/mol. The summed E-state index contributed by atoms with van der Waals surface area (Å²) in [6.45, 7) is 3.27. The summed E-state index contributed by atoms with van der Waals surface area (Å²) >= 11 is 8.08. The maximum absolute atomic E-state index is 14.0. The molecule has 1 aliphatic heterocycles. The van der Waals surface area contributed by atoms with Gasteiger partial charge in [0.2, 0.25) is 0 Å². The van der Waals surface area contributed by atoms with Crippen LogP contribution in [0.2, 0.25) is 0 Å². The molecule has 3 nitrogen and oxygen atoms in total. The van der Waals surface area contributed by atoms with E-state index in [4.69, 9.17) is 11.6 Å². The summed E-state index contributed by atoms with van der Waals surface area (Å²) in [5, 5.41) is 0. The molecule has 0 amide bonds. The first-order chi connectivity index (χ1) is 10.0. The van der Waals surface area contributed by atoms with Crippen LogP contribution >= 0.6 is 34.2 Å². The van der Waals surface area contributed by atoms with Crippen LogP contribution in [0.3, 0.4) is 0 Å². The SMILES string of the molecule is CC1CC(n2c(CCl)nc3cc(I)c(F)cc32)CCN1C. The summed E-state index contributed by atoms with van der Waals surface area (Å²) in [6, 6.07) is 4.26. The number of alkyl halides is 1. The number of benzene rings is 1. The van der Waals surface area contributed by atoms with Crippen LogP contribution in [-0.2, 0) is 5.88 Å². The molecule has 0 saturated carbocycles. The quantitative estimate of drug-likeness (QED) is 0.536. The molecule has 2 unspecified atom stereocenters. The number of hydrogen-bond donors (Lipinski definition) is 0. The second-order valence-electron chi connectivity index (χ2n) is 5.79. The molecule has 21 heavy (non-hydrogen) atoms. The van der Waals surface area contributed by atoms with Crippen molar-refractivity contribution in [3.63, 3.8) is 0 Å². The molecule has 6 heteroatoms. The molecule has 1 saturated heterocycles. The zero-order valence-electron chi connectivity index (χ0n) is 12.1. The average Bonchev–Trinajstić information content (AvgIpc) is 2.80. The van der Waals surface area contributed by atoms with Crippen molar-refractivity contribution in [2.45, 2.75) is 37.7 Å². The van der Waals surface area contributed by atoms with Gasteiger partial charge >= 0.3 is 0 Å². The summed E-state index contributed by atoms with van der Waals surface area (Å²) in [4.78, 5) is 6.96. The number of likely N-dealkylation sites (tertiary alicyclic amines) is 1. The van der Waals surface area contributed by atoms with Crippen molar-refractivity contribution in [2.24, 2.45) is 0 Å². The number of halogens is 3. The Labute approximate surface area is 142 Å². The second-order valence-corrected chi connectivity index (χ2v) is 7.22. The van der Waals surface area contributed by atoms with Gasteiger partial charge in [-0.05, 0) is 55.5 Å². The minimum atomic E-state index is -0.189. The van der Waals surface area contributed by atoms with Gasteiger partial charge in [-0.25, -0.2) is 9.37 Å². The van der Waals surface area contributed by atoms with Gasteiger partial charge in [0.15, 0.2) is 0 Å². The van der Waals surface area contributed by atoms with Crippen LogP contribution in [0.1, 0.15) is 31.6 Å². The molecule has 3 rings (SSSR count). The van der Waals surface area contributed by atoms with Crippen molar-refractivity contribution in [3.8, 4) is 0 Å². The minimum Gasteiger partial charge on any atom is -0.324 e. The van der Waals surface area contributed by atoms with Crippen LogP contribution in [0.4, 0.5) is 4.39 Å². The van der Waals surface area contributed by atoms with Gasteiger partial charge in [0.1, 0.15) is 11.6 Å².